The second-order valence-electron chi connectivity index (χ2n) is 7.46. The summed E-state index contributed by atoms with van der Waals surface area (Å²) in [6.07, 6.45) is 1.03. The summed E-state index contributed by atoms with van der Waals surface area (Å²) in [7, 11) is 3.08. The third kappa shape index (κ3) is 3.85. The number of amides is 1. The molecule has 0 saturated carbocycles. The van der Waals surface area contributed by atoms with Crippen LogP contribution in [0.1, 0.15) is 28.4 Å². The van der Waals surface area contributed by atoms with Crippen LogP contribution in [0.15, 0.2) is 41.2 Å². The number of nitrogens with zero attached hydrogens (tertiary/aromatic N) is 2. The largest absolute Gasteiger partial charge is 0.497 e. The van der Waals surface area contributed by atoms with Crippen LogP contribution in [0.2, 0.25) is 0 Å². The number of carbonyl (C=O) groups excluding carboxylic acids is 1. The number of hydrogen-bond acceptors (Lipinski definition) is 5. The Morgan fingerprint density at radius 2 is 1.83 bits per heavy atom. The van der Waals surface area contributed by atoms with Gasteiger partial charge in [-0.15, -0.1) is 0 Å². The molecule has 7 nitrogen and oxygen atoms in total. The van der Waals surface area contributed by atoms with E-state index < -0.39 is 0 Å². The van der Waals surface area contributed by atoms with Gasteiger partial charge in [0, 0.05) is 48.9 Å². The summed E-state index contributed by atoms with van der Waals surface area (Å²) in [4.78, 5) is 26.9. The standard InChI is InChI=1S/C21H23N3O4S/c1-27-16-7-14(8-17(9-16)28-2)20(26)22-21(29)23-10-13-6-15(12-23)18-4-3-5-19(25)24(18)11-13/h3-5,7-9,13,15H,6,10-12H2,1-2H3,(H,22,26,29)/t13-,15-/m0/s1. The molecule has 2 aliphatic rings. The van der Waals surface area contributed by atoms with Crippen LogP contribution >= 0.6 is 12.2 Å². The SMILES string of the molecule is COc1cc(OC)cc(C(=O)NC(=S)N2C[C@@H]3C[C@@H](C2)c2cccc(=O)n2C3)c1. The van der Waals surface area contributed by atoms with Crippen molar-refractivity contribution in [3.63, 3.8) is 0 Å². The van der Waals surface area contributed by atoms with Gasteiger partial charge in [0.25, 0.3) is 11.5 Å². The minimum atomic E-state index is -0.306. The lowest BCUT2D eigenvalue weighted by Gasteiger charge is -2.43. The predicted octanol–water partition coefficient (Wildman–Crippen LogP) is 2.00. The molecule has 29 heavy (non-hydrogen) atoms. The highest BCUT2D eigenvalue weighted by Gasteiger charge is 2.35. The molecule has 3 heterocycles. The van der Waals surface area contributed by atoms with Gasteiger partial charge in [-0.05, 0) is 42.8 Å². The van der Waals surface area contributed by atoms with Crippen molar-refractivity contribution in [2.24, 2.45) is 5.92 Å². The summed E-state index contributed by atoms with van der Waals surface area (Å²) in [6, 6.07) is 10.4. The summed E-state index contributed by atoms with van der Waals surface area (Å²) < 4.78 is 12.3. The summed E-state index contributed by atoms with van der Waals surface area (Å²) in [5, 5.41) is 3.23. The van der Waals surface area contributed by atoms with Gasteiger partial charge >= 0.3 is 0 Å². The number of piperidine rings is 1. The fourth-order valence-electron chi connectivity index (χ4n) is 4.25. The number of likely N-dealkylation sites (tertiary alicyclic amines) is 1. The first kappa shape index (κ1) is 19.4. The summed E-state index contributed by atoms with van der Waals surface area (Å²) in [6.45, 7) is 2.09. The molecule has 2 bridgehead atoms. The number of fused-ring (bicyclic) bond motifs is 4. The second kappa shape index (κ2) is 7.87. The summed E-state index contributed by atoms with van der Waals surface area (Å²) in [5.74, 6) is 1.32. The van der Waals surface area contributed by atoms with Crippen LogP contribution in [-0.2, 0) is 6.54 Å². The third-order valence-electron chi connectivity index (χ3n) is 5.60. The average molecular weight is 413 g/mol. The maximum Gasteiger partial charge on any atom is 0.257 e. The van der Waals surface area contributed by atoms with Crippen molar-refractivity contribution < 1.29 is 14.3 Å². The Morgan fingerprint density at radius 1 is 1.10 bits per heavy atom. The molecule has 1 amide bonds. The van der Waals surface area contributed by atoms with Gasteiger partial charge in [0.15, 0.2) is 5.11 Å². The highest BCUT2D eigenvalue weighted by molar-refractivity contribution is 7.80. The van der Waals surface area contributed by atoms with Crippen molar-refractivity contribution in [3.8, 4) is 11.5 Å². The monoisotopic (exact) mass is 413 g/mol. The molecule has 4 rings (SSSR count). The van der Waals surface area contributed by atoms with Crippen LogP contribution in [0.4, 0.5) is 0 Å². The number of nitrogens with one attached hydrogen (secondary N) is 1. The van der Waals surface area contributed by atoms with Crippen LogP contribution in [0.25, 0.3) is 0 Å². The van der Waals surface area contributed by atoms with Gasteiger partial charge in [-0.3, -0.25) is 14.9 Å². The molecule has 1 saturated heterocycles. The van der Waals surface area contributed by atoms with E-state index >= 15 is 0 Å². The zero-order valence-electron chi connectivity index (χ0n) is 16.4. The maximum atomic E-state index is 12.7. The number of benzene rings is 1. The molecule has 0 radical (unpaired) electrons. The third-order valence-corrected chi connectivity index (χ3v) is 5.96. The highest BCUT2D eigenvalue weighted by Crippen LogP contribution is 2.35. The normalized spacial score (nSPS) is 19.9. The Balaban J connectivity index is 1.49. The second-order valence-corrected chi connectivity index (χ2v) is 7.85. The van der Waals surface area contributed by atoms with E-state index in [1.165, 1.54) is 14.2 Å². The summed E-state index contributed by atoms with van der Waals surface area (Å²) >= 11 is 5.54. The molecule has 2 aromatic rings. The van der Waals surface area contributed by atoms with Crippen molar-refractivity contribution in [2.75, 3.05) is 27.3 Å². The molecule has 0 unspecified atom stereocenters. The van der Waals surface area contributed by atoms with Crippen LogP contribution in [0.5, 0.6) is 11.5 Å². The molecule has 1 fully saturated rings. The van der Waals surface area contributed by atoms with Crippen LogP contribution in [0, 0.1) is 5.92 Å². The number of rotatable bonds is 3. The topological polar surface area (TPSA) is 72.8 Å². The van der Waals surface area contributed by atoms with Gasteiger partial charge in [-0.2, -0.15) is 0 Å². The quantitative estimate of drug-likeness (QED) is 0.776. The lowest BCUT2D eigenvalue weighted by molar-refractivity contribution is 0.0967. The van der Waals surface area contributed by atoms with E-state index in [1.807, 2.05) is 21.6 Å². The van der Waals surface area contributed by atoms with Gasteiger partial charge in [0.1, 0.15) is 11.5 Å². The van der Waals surface area contributed by atoms with Crippen LogP contribution in [0.3, 0.4) is 0 Å². The Bertz CT molecular complexity index is 997. The van der Waals surface area contributed by atoms with Gasteiger partial charge in [0.05, 0.1) is 14.2 Å². The van der Waals surface area contributed by atoms with E-state index in [0.29, 0.717) is 41.2 Å². The average Bonchev–Trinajstić information content (AvgIpc) is 2.73. The molecule has 0 spiro atoms. The fraction of sp³-hybridized carbons (Fsp3) is 0.381. The van der Waals surface area contributed by atoms with Crippen LogP contribution in [-0.4, -0.2) is 47.8 Å². The molecule has 1 aromatic carbocycles. The molecular formula is C21H23N3O4S. The molecular weight excluding hydrogens is 390 g/mol. The van der Waals surface area contributed by atoms with Crippen molar-refractivity contribution in [3.05, 3.63) is 58.0 Å². The van der Waals surface area contributed by atoms with Gasteiger partial charge in [0.2, 0.25) is 0 Å². The van der Waals surface area contributed by atoms with Crippen LogP contribution < -0.4 is 20.3 Å². The Labute approximate surface area is 174 Å². The number of methoxy groups -OCH3 is 2. The maximum absolute atomic E-state index is 12.7. The van der Waals surface area contributed by atoms with Gasteiger partial charge < -0.3 is 18.9 Å². The molecule has 1 aromatic heterocycles. The fourth-order valence-corrected chi connectivity index (χ4v) is 4.49. The number of pyridine rings is 1. The molecule has 8 heteroatoms. The lowest BCUT2D eigenvalue weighted by Crippen LogP contribution is -2.52. The van der Waals surface area contributed by atoms with Crippen molar-refractivity contribution in [1.29, 1.82) is 0 Å². The number of carbonyl (C=O) groups is 1. The predicted molar refractivity (Wildman–Crippen MR) is 113 cm³/mol. The van der Waals surface area contributed by atoms with E-state index in [1.54, 1.807) is 24.3 Å². The number of ether oxygens (including phenoxy) is 2. The smallest absolute Gasteiger partial charge is 0.257 e. The van der Waals surface area contributed by atoms with Gasteiger partial charge in [-0.1, -0.05) is 6.07 Å². The number of hydrogen-bond donors (Lipinski definition) is 1. The first-order valence-electron chi connectivity index (χ1n) is 9.51. The summed E-state index contributed by atoms with van der Waals surface area (Å²) in [5.41, 5.74) is 1.51. The molecule has 2 aliphatic heterocycles. The Kier molecular flexibility index (Phi) is 5.27. The number of aromatic nitrogens is 1. The zero-order chi connectivity index (χ0) is 20.5. The molecule has 152 valence electrons. The minimum absolute atomic E-state index is 0.0495. The van der Waals surface area contributed by atoms with Crippen molar-refractivity contribution >= 4 is 23.2 Å². The molecule has 1 N–H and O–H groups in total. The number of thiocarbonyl (C=S) groups is 1. The minimum Gasteiger partial charge on any atom is -0.497 e. The van der Waals surface area contributed by atoms with Crippen molar-refractivity contribution in [1.82, 2.24) is 14.8 Å². The lowest BCUT2D eigenvalue weighted by atomic mass is 9.83. The van der Waals surface area contributed by atoms with Gasteiger partial charge in [-0.25, -0.2) is 0 Å². The molecule has 0 aliphatic carbocycles. The van der Waals surface area contributed by atoms with E-state index in [2.05, 4.69) is 5.32 Å². The first-order chi connectivity index (χ1) is 14.0. The van der Waals surface area contributed by atoms with E-state index in [9.17, 15) is 9.59 Å². The van der Waals surface area contributed by atoms with E-state index in [4.69, 9.17) is 21.7 Å². The molecule has 2 atom stereocenters. The first-order valence-corrected chi connectivity index (χ1v) is 9.92. The van der Waals surface area contributed by atoms with E-state index in [-0.39, 0.29) is 17.4 Å². The Morgan fingerprint density at radius 3 is 2.52 bits per heavy atom. The van der Waals surface area contributed by atoms with Crippen molar-refractivity contribution in [2.45, 2.75) is 18.9 Å². The Hall–Kier alpha value is -2.87. The zero-order valence-corrected chi connectivity index (χ0v) is 17.2. The van der Waals surface area contributed by atoms with E-state index in [0.717, 1.165) is 18.7 Å². The highest BCUT2D eigenvalue weighted by atomic mass is 32.1.